The summed E-state index contributed by atoms with van der Waals surface area (Å²) in [6, 6.07) is 1.46. The minimum Gasteiger partial charge on any atom is -0.383 e. The monoisotopic (exact) mass is 198 g/mol. The van der Waals surface area contributed by atoms with Crippen LogP contribution in [0.5, 0.6) is 0 Å². The van der Waals surface area contributed by atoms with Crippen LogP contribution in [0.2, 0.25) is 0 Å². The summed E-state index contributed by atoms with van der Waals surface area (Å²) in [5.41, 5.74) is 5.87. The summed E-state index contributed by atoms with van der Waals surface area (Å²) in [5, 5.41) is 0. The minimum absolute atomic E-state index is 0.637. The Hall–Kier alpha value is -0.120. The van der Waals surface area contributed by atoms with Gasteiger partial charge in [0, 0.05) is 32.3 Å². The summed E-state index contributed by atoms with van der Waals surface area (Å²) >= 11 is 0. The van der Waals surface area contributed by atoms with Gasteiger partial charge in [-0.1, -0.05) is 0 Å². The molecule has 0 heterocycles. The molecule has 1 atom stereocenters. The number of rotatable bonds is 7. The van der Waals surface area contributed by atoms with E-state index in [0.29, 0.717) is 6.04 Å². The van der Waals surface area contributed by atoms with Crippen LogP contribution in [0, 0.1) is 5.92 Å². The van der Waals surface area contributed by atoms with Gasteiger partial charge in [-0.15, -0.1) is 0 Å². The Morgan fingerprint density at radius 1 is 1.36 bits per heavy atom. The van der Waals surface area contributed by atoms with Crippen molar-refractivity contribution in [1.29, 1.82) is 0 Å². The van der Waals surface area contributed by atoms with Crippen molar-refractivity contribution in [2.45, 2.75) is 37.8 Å². The first-order valence-corrected chi connectivity index (χ1v) is 5.81. The van der Waals surface area contributed by atoms with Crippen molar-refractivity contribution in [2.75, 3.05) is 26.8 Å². The molecule has 3 nitrogen and oxygen atoms in total. The molecule has 14 heavy (non-hydrogen) atoms. The van der Waals surface area contributed by atoms with Crippen LogP contribution in [0.4, 0.5) is 0 Å². The van der Waals surface area contributed by atoms with Crippen LogP contribution in [-0.4, -0.2) is 43.8 Å². The molecule has 2 fully saturated rings. The summed E-state index contributed by atoms with van der Waals surface area (Å²) in [4.78, 5) is 2.60. The molecular formula is C11H22N2O. The fourth-order valence-electron chi connectivity index (χ4n) is 2.30. The quantitative estimate of drug-likeness (QED) is 0.658. The number of nitrogens with two attached hydrogens (primary N) is 1. The molecule has 0 spiro atoms. The molecule has 0 aromatic rings. The first-order valence-electron chi connectivity index (χ1n) is 5.81. The zero-order chi connectivity index (χ0) is 9.97. The van der Waals surface area contributed by atoms with E-state index in [0.717, 1.165) is 31.7 Å². The number of ether oxygens (including phenoxy) is 1. The smallest absolute Gasteiger partial charge is 0.0589 e. The summed E-state index contributed by atoms with van der Waals surface area (Å²) < 4.78 is 5.16. The van der Waals surface area contributed by atoms with Crippen LogP contribution in [-0.2, 0) is 4.74 Å². The van der Waals surface area contributed by atoms with E-state index in [1.165, 1.54) is 25.7 Å². The fraction of sp³-hybridized carbons (Fsp3) is 1.00. The third-order valence-corrected chi connectivity index (χ3v) is 3.40. The third kappa shape index (κ3) is 2.47. The molecule has 2 aliphatic carbocycles. The Balaban J connectivity index is 1.85. The molecule has 2 N–H and O–H groups in total. The average molecular weight is 198 g/mol. The van der Waals surface area contributed by atoms with Crippen molar-refractivity contribution in [3.63, 3.8) is 0 Å². The predicted octanol–water partition coefficient (Wildman–Crippen LogP) is 0.835. The van der Waals surface area contributed by atoms with Gasteiger partial charge < -0.3 is 10.5 Å². The molecule has 1 unspecified atom stereocenters. The maximum Gasteiger partial charge on any atom is 0.0589 e. The van der Waals surface area contributed by atoms with Gasteiger partial charge in [-0.3, -0.25) is 4.90 Å². The summed E-state index contributed by atoms with van der Waals surface area (Å²) in [6.45, 7) is 2.74. The predicted molar refractivity (Wildman–Crippen MR) is 57.2 cm³/mol. The van der Waals surface area contributed by atoms with Crippen LogP contribution in [0.25, 0.3) is 0 Å². The van der Waals surface area contributed by atoms with E-state index < -0.39 is 0 Å². The zero-order valence-electron chi connectivity index (χ0n) is 9.11. The van der Waals surface area contributed by atoms with Crippen molar-refractivity contribution in [3.8, 4) is 0 Å². The lowest BCUT2D eigenvalue weighted by molar-refractivity contribution is 0.107. The lowest BCUT2D eigenvalue weighted by Crippen LogP contribution is -2.45. The van der Waals surface area contributed by atoms with E-state index in [4.69, 9.17) is 10.5 Å². The normalized spacial score (nSPS) is 24.2. The lowest BCUT2D eigenvalue weighted by atomic mass is 10.1. The molecule has 0 aliphatic heterocycles. The van der Waals surface area contributed by atoms with Crippen LogP contribution in [0.15, 0.2) is 0 Å². The third-order valence-electron chi connectivity index (χ3n) is 3.40. The second-order valence-corrected chi connectivity index (χ2v) is 4.60. The van der Waals surface area contributed by atoms with E-state index in [2.05, 4.69) is 4.90 Å². The zero-order valence-corrected chi connectivity index (χ0v) is 9.11. The number of hydrogen-bond acceptors (Lipinski definition) is 3. The van der Waals surface area contributed by atoms with Crippen molar-refractivity contribution in [2.24, 2.45) is 11.7 Å². The van der Waals surface area contributed by atoms with Gasteiger partial charge in [0.2, 0.25) is 0 Å². The minimum atomic E-state index is 0.637. The standard InChI is InChI=1S/C11H22N2O/c1-14-7-6-13(10-4-5-10)11(8-12)9-2-3-9/h9-11H,2-8,12H2,1H3. The molecule has 0 amide bonds. The Morgan fingerprint density at radius 2 is 2.07 bits per heavy atom. The first-order chi connectivity index (χ1) is 6.86. The first kappa shape index (κ1) is 10.4. The van der Waals surface area contributed by atoms with Gasteiger partial charge in [0.1, 0.15) is 0 Å². The molecule has 0 saturated heterocycles. The highest BCUT2D eigenvalue weighted by Gasteiger charge is 2.40. The van der Waals surface area contributed by atoms with E-state index in [-0.39, 0.29) is 0 Å². The van der Waals surface area contributed by atoms with Gasteiger partial charge in [-0.25, -0.2) is 0 Å². The molecular weight excluding hydrogens is 176 g/mol. The van der Waals surface area contributed by atoms with E-state index in [9.17, 15) is 0 Å². The highest BCUT2D eigenvalue weighted by Crippen LogP contribution is 2.39. The van der Waals surface area contributed by atoms with E-state index in [1.54, 1.807) is 7.11 Å². The van der Waals surface area contributed by atoms with Gasteiger partial charge in [0.15, 0.2) is 0 Å². The van der Waals surface area contributed by atoms with Gasteiger partial charge in [0.05, 0.1) is 6.61 Å². The summed E-state index contributed by atoms with van der Waals surface area (Å²) in [5.74, 6) is 0.887. The lowest BCUT2D eigenvalue weighted by Gasteiger charge is -2.30. The van der Waals surface area contributed by atoms with Gasteiger partial charge in [-0.05, 0) is 31.6 Å². The van der Waals surface area contributed by atoms with Gasteiger partial charge in [0.25, 0.3) is 0 Å². The average Bonchev–Trinajstić information content (AvgIpc) is 3.04. The molecule has 0 radical (unpaired) electrons. The SMILES string of the molecule is COCCN(C1CC1)C(CN)C1CC1. The van der Waals surface area contributed by atoms with E-state index in [1.807, 2.05) is 0 Å². The Bertz CT molecular complexity index is 178. The number of methoxy groups -OCH3 is 1. The van der Waals surface area contributed by atoms with Crippen LogP contribution < -0.4 is 5.73 Å². The molecule has 2 aliphatic rings. The second kappa shape index (κ2) is 4.60. The molecule has 3 heteroatoms. The molecule has 82 valence electrons. The molecule has 2 saturated carbocycles. The maximum absolute atomic E-state index is 5.87. The molecule has 0 aromatic heterocycles. The fourth-order valence-corrected chi connectivity index (χ4v) is 2.30. The Kier molecular flexibility index (Phi) is 3.42. The Labute approximate surface area is 86.6 Å². The maximum atomic E-state index is 5.87. The molecule has 0 aromatic carbocycles. The van der Waals surface area contributed by atoms with Crippen molar-refractivity contribution in [3.05, 3.63) is 0 Å². The Morgan fingerprint density at radius 3 is 2.50 bits per heavy atom. The van der Waals surface area contributed by atoms with Crippen LogP contribution >= 0.6 is 0 Å². The summed E-state index contributed by atoms with van der Waals surface area (Å²) in [6.07, 6.45) is 5.51. The van der Waals surface area contributed by atoms with Crippen LogP contribution in [0.3, 0.4) is 0 Å². The summed E-state index contributed by atoms with van der Waals surface area (Å²) in [7, 11) is 1.78. The van der Waals surface area contributed by atoms with Crippen LogP contribution in [0.1, 0.15) is 25.7 Å². The van der Waals surface area contributed by atoms with E-state index >= 15 is 0 Å². The highest BCUT2D eigenvalue weighted by atomic mass is 16.5. The van der Waals surface area contributed by atoms with Crippen molar-refractivity contribution in [1.82, 2.24) is 4.90 Å². The topological polar surface area (TPSA) is 38.5 Å². The number of nitrogens with zero attached hydrogens (tertiary/aromatic N) is 1. The second-order valence-electron chi connectivity index (χ2n) is 4.60. The van der Waals surface area contributed by atoms with Crippen molar-refractivity contribution >= 4 is 0 Å². The van der Waals surface area contributed by atoms with Gasteiger partial charge >= 0.3 is 0 Å². The highest BCUT2D eigenvalue weighted by molar-refractivity contribution is 4.95. The van der Waals surface area contributed by atoms with Gasteiger partial charge in [-0.2, -0.15) is 0 Å². The van der Waals surface area contributed by atoms with Crippen molar-refractivity contribution < 1.29 is 4.74 Å². The molecule has 0 bridgehead atoms. The number of hydrogen-bond donors (Lipinski definition) is 1. The molecule has 2 rings (SSSR count). The largest absolute Gasteiger partial charge is 0.383 e.